The predicted molar refractivity (Wildman–Crippen MR) is 78.6 cm³/mol. The third-order valence-corrected chi connectivity index (χ3v) is 5.59. The van der Waals surface area contributed by atoms with Gasteiger partial charge in [0.25, 0.3) is 0 Å². The molecule has 2 aliphatic carbocycles. The van der Waals surface area contributed by atoms with Crippen LogP contribution in [0.2, 0.25) is 0 Å². The highest BCUT2D eigenvalue weighted by Gasteiger charge is 2.33. The molecule has 1 aromatic rings. The van der Waals surface area contributed by atoms with Crippen LogP contribution < -0.4 is 0 Å². The SMILES string of the molecule is CC1CCC(N2CCC(n3cc(C4CC4)nn3)C2)CC1. The molecule has 0 spiro atoms. The Morgan fingerprint density at radius 2 is 1.80 bits per heavy atom. The fourth-order valence-corrected chi connectivity index (χ4v) is 3.96. The molecule has 2 saturated carbocycles. The second-order valence-electron chi connectivity index (χ2n) is 7.25. The van der Waals surface area contributed by atoms with Crippen LogP contribution in [-0.2, 0) is 0 Å². The Hall–Kier alpha value is -0.900. The third-order valence-electron chi connectivity index (χ3n) is 5.59. The topological polar surface area (TPSA) is 34.0 Å². The van der Waals surface area contributed by atoms with Crippen molar-refractivity contribution in [2.75, 3.05) is 13.1 Å². The van der Waals surface area contributed by atoms with Gasteiger partial charge in [-0.05, 0) is 50.9 Å². The Morgan fingerprint density at radius 3 is 2.55 bits per heavy atom. The van der Waals surface area contributed by atoms with Crippen molar-refractivity contribution in [2.45, 2.75) is 69.9 Å². The van der Waals surface area contributed by atoms with Gasteiger partial charge in [-0.15, -0.1) is 5.10 Å². The molecule has 1 aromatic heterocycles. The average Bonchev–Trinajstić information content (AvgIpc) is 3.01. The summed E-state index contributed by atoms with van der Waals surface area (Å²) in [5.74, 6) is 1.67. The quantitative estimate of drug-likeness (QED) is 0.849. The molecule has 0 bridgehead atoms. The number of nitrogens with zero attached hydrogens (tertiary/aromatic N) is 4. The zero-order valence-electron chi connectivity index (χ0n) is 12.5. The van der Waals surface area contributed by atoms with Crippen molar-refractivity contribution in [3.63, 3.8) is 0 Å². The van der Waals surface area contributed by atoms with E-state index in [2.05, 4.69) is 33.0 Å². The molecule has 0 radical (unpaired) electrons. The summed E-state index contributed by atoms with van der Waals surface area (Å²) >= 11 is 0. The Kier molecular flexibility index (Phi) is 3.29. The van der Waals surface area contributed by atoms with Crippen molar-refractivity contribution in [3.05, 3.63) is 11.9 Å². The van der Waals surface area contributed by atoms with Gasteiger partial charge in [0.1, 0.15) is 0 Å². The number of likely N-dealkylation sites (tertiary alicyclic amines) is 1. The average molecular weight is 274 g/mol. The highest BCUT2D eigenvalue weighted by molar-refractivity contribution is 5.09. The minimum absolute atomic E-state index is 0.564. The summed E-state index contributed by atoms with van der Waals surface area (Å²) in [5, 5.41) is 8.76. The van der Waals surface area contributed by atoms with Crippen molar-refractivity contribution in [1.82, 2.24) is 19.9 Å². The van der Waals surface area contributed by atoms with Crippen LogP contribution >= 0.6 is 0 Å². The Balaban J connectivity index is 1.37. The van der Waals surface area contributed by atoms with Crippen molar-refractivity contribution in [1.29, 1.82) is 0 Å². The van der Waals surface area contributed by atoms with Crippen molar-refractivity contribution in [2.24, 2.45) is 5.92 Å². The van der Waals surface area contributed by atoms with Crippen LogP contribution in [0.4, 0.5) is 0 Å². The van der Waals surface area contributed by atoms with E-state index in [0.29, 0.717) is 6.04 Å². The molecule has 0 amide bonds. The number of rotatable bonds is 3. The van der Waals surface area contributed by atoms with Gasteiger partial charge in [0.05, 0.1) is 11.7 Å². The van der Waals surface area contributed by atoms with Crippen LogP contribution in [0.1, 0.15) is 69.5 Å². The largest absolute Gasteiger partial charge is 0.298 e. The zero-order valence-corrected chi connectivity index (χ0v) is 12.5. The minimum Gasteiger partial charge on any atom is -0.298 e. The zero-order chi connectivity index (χ0) is 13.5. The van der Waals surface area contributed by atoms with E-state index in [-0.39, 0.29) is 0 Å². The maximum absolute atomic E-state index is 4.39. The number of hydrogen-bond acceptors (Lipinski definition) is 3. The second-order valence-corrected chi connectivity index (χ2v) is 7.25. The van der Waals surface area contributed by atoms with Gasteiger partial charge in [-0.25, -0.2) is 4.68 Å². The molecule has 4 rings (SSSR count). The first-order chi connectivity index (χ1) is 9.79. The third kappa shape index (κ3) is 2.50. The van der Waals surface area contributed by atoms with E-state index in [4.69, 9.17) is 0 Å². The molecule has 3 aliphatic rings. The summed E-state index contributed by atoms with van der Waals surface area (Å²) < 4.78 is 2.15. The van der Waals surface area contributed by atoms with Crippen LogP contribution in [0.15, 0.2) is 6.20 Å². The van der Waals surface area contributed by atoms with Crippen molar-refractivity contribution >= 4 is 0 Å². The van der Waals surface area contributed by atoms with Gasteiger partial charge in [-0.2, -0.15) is 0 Å². The molecular formula is C16H26N4. The lowest BCUT2D eigenvalue weighted by Crippen LogP contribution is -2.36. The lowest BCUT2D eigenvalue weighted by Gasteiger charge is -2.33. The highest BCUT2D eigenvalue weighted by Crippen LogP contribution is 2.39. The van der Waals surface area contributed by atoms with Gasteiger partial charge in [0, 0.05) is 31.2 Å². The monoisotopic (exact) mass is 274 g/mol. The first-order valence-corrected chi connectivity index (χ1v) is 8.45. The van der Waals surface area contributed by atoms with Gasteiger partial charge in [-0.1, -0.05) is 12.1 Å². The Morgan fingerprint density at radius 1 is 1.00 bits per heavy atom. The number of aromatic nitrogens is 3. The maximum Gasteiger partial charge on any atom is 0.0858 e. The van der Waals surface area contributed by atoms with Crippen molar-refractivity contribution in [3.8, 4) is 0 Å². The van der Waals surface area contributed by atoms with Gasteiger partial charge < -0.3 is 0 Å². The highest BCUT2D eigenvalue weighted by atomic mass is 15.4. The molecule has 4 nitrogen and oxygen atoms in total. The first-order valence-electron chi connectivity index (χ1n) is 8.45. The molecule has 3 fully saturated rings. The summed E-state index contributed by atoms with van der Waals surface area (Å²) in [6.45, 7) is 4.84. The summed E-state index contributed by atoms with van der Waals surface area (Å²) in [6, 6.07) is 1.40. The van der Waals surface area contributed by atoms with E-state index in [9.17, 15) is 0 Å². The van der Waals surface area contributed by atoms with Crippen LogP contribution in [0.3, 0.4) is 0 Å². The molecule has 1 atom stereocenters. The van der Waals surface area contributed by atoms with Crippen LogP contribution in [0.5, 0.6) is 0 Å². The molecule has 1 unspecified atom stereocenters. The summed E-state index contributed by atoms with van der Waals surface area (Å²) in [7, 11) is 0. The van der Waals surface area contributed by atoms with Gasteiger partial charge >= 0.3 is 0 Å². The molecule has 0 N–H and O–H groups in total. The second kappa shape index (κ2) is 5.14. The molecule has 2 heterocycles. The summed E-state index contributed by atoms with van der Waals surface area (Å²) in [4.78, 5) is 2.72. The van der Waals surface area contributed by atoms with E-state index in [1.807, 2.05) is 0 Å². The lowest BCUT2D eigenvalue weighted by molar-refractivity contribution is 0.164. The molecule has 1 saturated heterocycles. The first kappa shape index (κ1) is 12.8. The Bertz CT molecular complexity index is 457. The van der Waals surface area contributed by atoms with Crippen LogP contribution in [0.25, 0.3) is 0 Å². The smallest absolute Gasteiger partial charge is 0.0858 e. The van der Waals surface area contributed by atoms with E-state index in [1.54, 1.807) is 0 Å². The van der Waals surface area contributed by atoms with E-state index in [0.717, 1.165) is 17.9 Å². The normalized spacial score (nSPS) is 35.5. The molecule has 4 heteroatoms. The summed E-state index contributed by atoms with van der Waals surface area (Å²) in [6.07, 6.45) is 11.7. The summed E-state index contributed by atoms with van der Waals surface area (Å²) in [5.41, 5.74) is 1.23. The van der Waals surface area contributed by atoms with Crippen LogP contribution in [0, 0.1) is 5.92 Å². The Labute approximate surface area is 121 Å². The number of hydrogen-bond donors (Lipinski definition) is 0. The lowest BCUT2D eigenvalue weighted by atomic mass is 9.87. The minimum atomic E-state index is 0.564. The maximum atomic E-state index is 4.39. The van der Waals surface area contributed by atoms with Gasteiger partial charge in [0.2, 0.25) is 0 Å². The van der Waals surface area contributed by atoms with E-state index in [1.165, 1.54) is 63.7 Å². The predicted octanol–water partition coefficient (Wildman–Crippen LogP) is 2.98. The fourth-order valence-electron chi connectivity index (χ4n) is 3.96. The standard InChI is InChI=1S/C16H26N4/c1-12-2-6-14(7-3-12)19-9-8-15(10-19)20-11-16(17-18-20)13-4-5-13/h11-15H,2-10H2,1H3. The van der Waals surface area contributed by atoms with E-state index < -0.39 is 0 Å². The van der Waals surface area contributed by atoms with Crippen molar-refractivity contribution < 1.29 is 0 Å². The molecule has 110 valence electrons. The fraction of sp³-hybridized carbons (Fsp3) is 0.875. The molecule has 0 aromatic carbocycles. The molecule has 20 heavy (non-hydrogen) atoms. The van der Waals surface area contributed by atoms with E-state index >= 15 is 0 Å². The van der Waals surface area contributed by atoms with Gasteiger partial charge in [0.15, 0.2) is 0 Å². The van der Waals surface area contributed by atoms with Crippen LogP contribution in [-0.4, -0.2) is 39.0 Å². The molecule has 1 aliphatic heterocycles. The molecular weight excluding hydrogens is 248 g/mol. The van der Waals surface area contributed by atoms with Gasteiger partial charge in [-0.3, -0.25) is 4.90 Å².